The van der Waals surface area contributed by atoms with Crippen LogP contribution in [0, 0.1) is 5.82 Å². The van der Waals surface area contributed by atoms with Crippen LogP contribution < -0.4 is 5.32 Å². The highest BCUT2D eigenvalue weighted by atomic mass is 19.1. The number of nitrogens with zero attached hydrogens (tertiary/aromatic N) is 2. The first-order valence-electron chi connectivity index (χ1n) is 13.1. The van der Waals surface area contributed by atoms with Gasteiger partial charge < -0.3 is 15.0 Å². The molecule has 2 aromatic heterocycles. The number of fused-ring (bicyclic) bond motifs is 1. The summed E-state index contributed by atoms with van der Waals surface area (Å²) in [6.07, 6.45) is 1.35. The second-order valence-corrected chi connectivity index (χ2v) is 11.0. The predicted octanol–water partition coefficient (Wildman–Crippen LogP) is 6.97. The molecule has 0 atom stereocenters. The first kappa shape index (κ1) is 29.5. The summed E-state index contributed by atoms with van der Waals surface area (Å²) in [5.74, 6) is -1.26. The molecule has 0 saturated carbocycles. The van der Waals surface area contributed by atoms with E-state index < -0.39 is 17.4 Å². The molecule has 7 nitrogen and oxygen atoms in total. The number of carbonyl (C=O) groups excluding carboxylic acids is 2. The van der Waals surface area contributed by atoms with Gasteiger partial charge in [-0.05, 0) is 56.0 Å². The van der Waals surface area contributed by atoms with Gasteiger partial charge in [0.2, 0.25) is 0 Å². The third-order valence-electron chi connectivity index (χ3n) is 5.82. The molecule has 0 aliphatic heterocycles. The third-order valence-corrected chi connectivity index (χ3v) is 5.82. The van der Waals surface area contributed by atoms with Crippen LogP contribution in [-0.2, 0) is 16.7 Å². The van der Waals surface area contributed by atoms with Crippen molar-refractivity contribution in [2.75, 3.05) is 0 Å². The second kappa shape index (κ2) is 11.8. The highest BCUT2D eigenvalue weighted by molar-refractivity contribution is 5.98. The van der Waals surface area contributed by atoms with E-state index in [2.05, 4.69) is 41.0 Å². The number of hydrogen-bond donors (Lipinski definition) is 2. The Morgan fingerprint density at radius 1 is 0.949 bits per heavy atom. The van der Waals surface area contributed by atoms with E-state index in [1.165, 1.54) is 12.4 Å². The van der Waals surface area contributed by atoms with E-state index in [-0.39, 0.29) is 23.6 Å². The van der Waals surface area contributed by atoms with Gasteiger partial charge in [0.1, 0.15) is 29.1 Å². The lowest BCUT2D eigenvalue weighted by atomic mass is 9.87. The largest absolute Gasteiger partial charge is 0.455 e. The smallest absolute Gasteiger partial charge is 0.355 e. The van der Waals surface area contributed by atoms with Crippen molar-refractivity contribution in [2.24, 2.45) is 0 Å². The summed E-state index contributed by atoms with van der Waals surface area (Å²) in [7, 11) is 0. The standard InChI is InChI=1S/C29H31FN4O3.C2H6/c1-28(2,3)20-11-9-17(10-12-20)26(35)31-15-19-8-7-18(13-22(19)30)24-21-14-23(27(36)37-29(4,5)6)34-25(21)33-16-32-24;1-2/h7-14,16H,15H2,1-6H3,(H,31,35)(H,32,33,34);1-2H3. The summed E-state index contributed by atoms with van der Waals surface area (Å²) in [5, 5.41) is 3.35. The molecule has 4 aromatic rings. The molecule has 0 aliphatic carbocycles. The van der Waals surface area contributed by atoms with Crippen LogP contribution in [-0.4, -0.2) is 32.4 Å². The molecule has 8 heteroatoms. The quantitative estimate of drug-likeness (QED) is 0.271. The fourth-order valence-electron chi connectivity index (χ4n) is 3.85. The number of hydrogen-bond acceptors (Lipinski definition) is 5. The van der Waals surface area contributed by atoms with E-state index in [0.29, 0.717) is 33.4 Å². The number of aromatic amines is 1. The molecule has 2 N–H and O–H groups in total. The summed E-state index contributed by atoms with van der Waals surface area (Å²) in [5.41, 5.74) is 3.02. The highest BCUT2D eigenvalue weighted by Gasteiger charge is 2.21. The molecule has 1 amide bonds. The molecule has 0 radical (unpaired) electrons. The summed E-state index contributed by atoms with van der Waals surface area (Å²) in [6.45, 7) is 15.7. The van der Waals surface area contributed by atoms with Crippen LogP contribution in [0.2, 0.25) is 0 Å². The molecule has 0 spiro atoms. The average Bonchev–Trinajstić information content (AvgIpc) is 3.32. The van der Waals surface area contributed by atoms with E-state index in [0.717, 1.165) is 5.56 Å². The number of aromatic nitrogens is 3. The van der Waals surface area contributed by atoms with Crippen molar-refractivity contribution >= 4 is 22.9 Å². The van der Waals surface area contributed by atoms with E-state index >= 15 is 4.39 Å². The molecule has 2 heterocycles. The van der Waals surface area contributed by atoms with Crippen LogP contribution in [0.25, 0.3) is 22.3 Å². The maximum atomic E-state index is 15.0. The number of halogens is 1. The van der Waals surface area contributed by atoms with Gasteiger partial charge in [0.15, 0.2) is 0 Å². The van der Waals surface area contributed by atoms with Gasteiger partial charge in [0.05, 0.1) is 5.69 Å². The van der Waals surface area contributed by atoms with E-state index in [1.54, 1.807) is 51.1 Å². The summed E-state index contributed by atoms with van der Waals surface area (Å²) >= 11 is 0. The fourth-order valence-corrected chi connectivity index (χ4v) is 3.85. The molecule has 0 aliphatic rings. The highest BCUT2D eigenvalue weighted by Crippen LogP contribution is 2.28. The van der Waals surface area contributed by atoms with E-state index in [1.807, 2.05) is 26.0 Å². The van der Waals surface area contributed by atoms with Gasteiger partial charge in [-0.2, -0.15) is 0 Å². The van der Waals surface area contributed by atoms with Gasteiger partial charge in [-0.15, -0.1) is 0 Å². The minimum atomic E-state index is -0.646. The van der Waals surface area contributed by atoms with Crippen molar-refractivity contribution < 1.29 is 18.7 Å². The van der Waals surface area contributed by atoms with Gasteiger partial charge in [-0.25, -0.2) is 19.2 Å². The Morgan fingerprint density at radius 3 is 2.21 bits per heavy atom. The zero-order chi connectivity index (χ0) is 29.0. The fraction of sp³-hybridized carbons (Fsp3) is 0.355. The lowest BCUT2D eigenvalue weighted by molar-refractivity contribution is 0.00637. The number of nitrogens with one attached hydrogen (secondary N) is 2. The molecular formula is C31H37FN4O3. The Morgan fingerprint density at radius 2 is 1.62 bits per heavy atom. The minimum absolute atomic E-state index is 0.00712. The Labute approximate surface area is 229 Å². The Bertz CT molecular complexity index is 1460. The van der Waals surface area contributed by atoms with Crippen molar-refractivity contribution in [1.29, 1.82) is 0 Å². The van der Waals surface area contributed by atoms with Gasteiger partial charge in [-0.3, -0.25) is 4.79 Å². The van der Waals surface area contributed by atoms with Crippen molar-refractivity contribution in [3.8, 4) is 11.3 Å². The maximum Gasteiger partial charge on any atom is 0.355 e. The number of rotatable bonds is 5. The lowest BCUT2D eigenvalue weighted by Crippen LogP contribution is -2.24. The Kier molecular flexibility index (Phi) is 8.89. The van der Waals surface area contributed by atoms with E-state index in [9.17, 15) is 9.59 Å². The molecule has 2 aromatic carbocycles. The van der Waals surface area contributed by atoms with Gasteiger partial charge in [0, 0.05) is 28.6 Å². The number of amides is 1. The number of carbonyl (C=O) groups is 2. The van der Waals surface area contributed by atoms with Crippen molar-refractivity contribution in [2.45, 2.75) is 73.0 Å². The number of ether oxygens (including phenoxy) is 1. The molecule has 206 valence electrons. The predicted molar refractivity (Wildman–Crippen MR) is 152 cm³/mol. The molecule has 39 heavy (non-hydrogen) atoms. The third kappa shape index (κ3) is 7.28. The van der Waals surface area contributed by atoms with Gasteiger partial charge >= 0.3 is 5.97 Å². The zero-order valence-corrected chi connectivity index (χ0v) is 23.9. The van der Waals surface area contributed by atoms with Gasteiger partial charge in [0.25, 0.3) is 5.91 Å². The van der Waals surface area contributed by atoms with Crippen LogP contribution in [0.1, 0.15) is 87.4 Å². The van der Waals surface area contributed by atoms with Crippen molar-refractivity contribution in [3.05, 3.63) is 83.1 Å². The molecule has 0 fully saturated rings. The lowest BCUT2D eigenvalue weighted by Gasteiger charge is -2.19. The summed E-state index contributed by atoms with van der Waals surface area (Å²) < 4.78 is 20.4. The summed E-state index contributed by atoms with van der Waals surface area (Å²) in [4.78, 5) is 36.5. The van der Waals surface area contributed by atoms with Crippen LogP contribution in [0.5, 0.6) is 0 Å². The van der Waals surface area contributed by atoms with Crippen molar-refractivity contribution in [3.63, 3.8) is 0 Å². The first-order valence-corrected chi connectivity index (χ1v) is 13.1. The number of H-pyrrole nitrogens is 1. The SMILES string of the molecule is CC.CC(C)(C)OC(=O)c1cc2c(-c3ccc(CNC(=O)c4ccc(C(C)(C)C)cc4)c(F)c3)ncnc2[nH]1. The molecule has 4 rings (SSSR count). The summed E-state index contributed by atoms with van der Waals surface area (Å²) in [6, 6.07) is 13.7. The maximum absolute atomic E-state index is 15.0. The Balaban J connectivity index is 0.00000205. The number of benzene rings is 2. The van der Waals surface area contributed by atoms with Crippen LogP contribution >= 0.6 is 0 Å². The minimum Gasteiger partial charge on any atom is -0.455 e. The van der Waals surface area contributed by atoms with Crippen molar-refractivity contribution in [1.82, 2.24) is 20.3 Å². The topological polar surface area (TPSA) is 97.0 Å². The second-order valence-electron chi connectivity index (χ2n) is 11.0. The normalized spacial score (nSPS) is 11.5. The molecule has 0 unspecified atom stereocenters. The molecule has 0 bridgehead atoms. The molecular weight excluding hydrogens is 495 g/mol. The first-order chi connectivity index (χ1) is 18.3. The zero-order valence-electron chi connectivity index (χ0n) is 23.9. The van der Waals surface area contributed by atoms with Crippen LogP contribution in [0.4, 0.5) is 4.39 Å². The van der Waals surface area contributed by atoms with Gasteiger partial charge in [-0.1, -0.05) is 58.9 Å². The number of esters is 1. The monoisotopic (exact) mass is 532 g/mol. The van der Waals surface area contributed by atoms with E-state index in [4.69, 9.17) is 4.74 Å². The molecule has 0 saturated heterocycles. The van der Waals surface area contributed by atoms with Crippen LogP contribution in [0.15, 0.2) is 54.9 Å². The Hall–Kier alpha value is -4.07. The van der Waals surface area contributed by atoms with Crippen LogP contribution in [0.3, 0.4) is 0 Å². The average molecular weight is 533 g/mol.